The lowest BCUT2D eigenvalue weighted by atomic mass is 10.2. The third-order valence-corrected chi connectivity index (χ3v) is 5.77. The number of rotatable bonds is 7. The fourth-order valence-electron chi connectivity index (χ4n) is 3.57. The number of nitro benzene ring substituents is 1. The number of benzene rings is 2. The third-order valence-electron chi connectivity index (χ3n) is 5.53. The number of nitrogens with one attached hydrogen (secondary N) is 1. The Kier molecular flexibility index (Phi) is 6.46. The van der Waals surface area contributed by atoms with E-state index < -0.39 is 28.7 Å². The maximum atomic E-state index is 13.2. The van der Waals surface area contributed by atoms with Gasteiger partial charge in [-0.1, -0.05) is 11.6 Å². The first kappa shape index (κ1) is 24.5. The van der Waals surface area contributed by atoms with Gasteiger partial charge in [0.05, 0.1) is 16.7 Å². The Morgan fingerprint density at radius 2 is 1.97 bits per heavy atom. The van der Waals surface area contributed by atoms with E-state index in [4.69, 9.17) is 16.3 Å². The summed E-state index contributed by atoms with van der Waals surface area (Å²) in [6, 6.07) is 8.46. The maximum absolute atomic E-state index is 13.2. The van der Waals surface area contributed by atoms with Crippen molar-refractivity contribution < 1.29 is 27.6 Å². The third kappa shape index (κ3) is 5.56. The molecule has 1 saturated carbocycles. The average Bonchev–Trinajstić information content (AvgIpc) is 3.51. The minimum absolute atomic E-state index is 0.0499. The molecule has 0 bridgehead atoms. The largest absolute Gasteiger partial charge is 0.457 e. The van der Waals surface area contributed by atoms with Crippen LogP contribution >= 0.6 is 11.6 Å². The van der Waals surface area contributed by atoms with Crippen molar-refractivity contribution in [1.82, 2.24) is 9.78 Å². The van der Waals surface area contributed by atoms with Crippen molar-refractivity contribution in [1.29, 1.82) is 0 Å². The van der Waals surface area contributed by atoms with Gasteiger partial charge < -0.3 is 10.1 Å². The second-order valence-electron chi connectivity index (χ2n) is 8.32. The summed E-state index contributed by atoms with van der Waals surface area (Å²) in [7, 11) is 0. The molecular formula is C23H20ClF3N4O4. The number of carbonyl (C=O) groups is 1. The average molecular weight is 509 g/mol. The zero-order chi connectivity index (χ0) is 25.5. The smallest absolute Gasteiger partial charge is 0.435 e. The molecule has 0 saturated heterocycles. The van der Waals surface area contributed by atoms with E-state index in [1.807, 2.05) is 0 Å². The molecule has 184 valence electrons. The first-order valence-electron chi connectivity index (χ1n) is 10.6. The number of anilines is 1. The number of halogens is 4. The molecule has 1 aliphatic rings. The van der Waals surface area contributed by atoms with Crippen molar-refractivity contribution in [2.24, 2.45) is 0 Å². The molecule has 35 heavy (non-hydrogen) atoms. The summed E-state index contributed by atoms with van der Waals surface area (Å²) in [6.07, 6.45) is -3.21. The molecular weight excluding hydrogens is 489 g/mol. The number of carbonyl (C=O) groups excluding carboxylic acids is 1. The Balaban J connectivity index is 1.60. The lowest BCUT2D eigenvalue weighted by Crippen LogP contribution is -2.26. The monoisotopic (exact) mass is 508 g/mol. The first-order chi connectivity index (χ1) is 16.4. The second kappa shape index (κ2) is 9.21. The number of hydrogen-bond donors (Lipinski definition) is 1. The zero-order valence-corrected chi connectivity index (χ0v) is 19.4. The van der Waals surface area contributed by atoms with Gasteiger partial charge in [0.25, 0.3) is 5.69 Å². The number of aryl methyl sites for hydroxylation is 1. The van der Waals surface area contributed by atoms with Gasteiger partial charge in [0.15, 0.2) is 5.69 Å². The van der Waals surface area contributed by atoms with Crippen molar-refractivity contribution in [3.05, 3.63) is 74.6 Å². The topological polar surface area (TPSA) is 99.3 Å². The van der Waals surface area contributed by atoms with Crippen molar-refractivity contribution in [2.75, 3.05) is 5.32 Å². The molecule has 3 aromatic rings. The van der Waals surface area contributed by atoms with Crippen LogP contribution in [0.2, 0.25) is 5.02 Å². The molecule has 1 heterocycles. The summed E-state index contributed by atoms with van der Waals surface area (Å²) in [5.74, 6) is -0.275. The van der Waals surface area contributed by atoms with Crippen LogP contribution < -0.4 is 10.1 Å². The van der Waals surface area contributed by atoms with Crippen LogP contribution in [0.1, 0.15) is 48.7 Å². The number of ether oxygens (including phenoxy) is 1. The van der Waals surface area contributed by atoms with Crippen LogP contribution in [-0.4, -0.2) is 20.6 Å². The van der Waals surface area contributed by atoms with Crippen molar-refractivity contribution >= 4 is 28.9 Å². The summed E-state index contributed by atoms with van der Waals surface area (Å²) >= 11 is 5.95. The van der Waals surface area contributed by atoms with Gasteiger partial charge in [-0.25, -0.2) is 0 Å². The molecule has 1 N–H and O–H groups in total. The van der Waals surface area contributed by atoms with E-state index in [9.17, 15) is 28.1 Å². The van der Waals surface area contributed by atoms with Crippen LogP contribution in [-0.2, 0) is 11.0 Å². The summed E-state index contributed by atoms with van der Waals surface area (Å²) in [4.78, 5) is 23.7. The molecule has 1 unspecified atom stereocenters. The predicted octanol–water partition coefficient (Wildman–Crippen LogP) is 6.64. The maximum Gasteiger partial charge on any atom is 0.435 e. The van der Waals surface area contributed by atoms with Gasteiger partial charge in [0, 0.05) is 28.8 Å². The molecule has 1 aliphatic carbocycles. The normalized spacial score (nSPS) is 14.5. The van der Waals surface area contributed by atoms with Crippen molar-refractivity contribution in [3.8, 4) is 11.5 Å². The number of nitrogens with zero attached hydrogens (tertiary/aromatic N) is 3. The quantitative estimate of drug-likeness (QED) is 0.285. The Labute approximate surface area is 202 Å². The fourth-order valence-corrected chi connectivity index (χ4v) is 3.80. The summed E-state index contributed by atoms with van der Waals surface area (Å²) < 4.78 is 46.5. The van der Waals surface area contributed by atoms with Crippen molar-refractivity contribution in [3.63, 3.8) is 0 Å². The Hall–Kier alpha value is -3.60. The van der Waals surface area contributed by atoms with E-state index in [0.29, 0.717) is 34.9 Å². The highest BCUT2D eigenvalue weighted by Gasteiger charge is 2.39. The molecule has 8 nitrogen and oxygen atoms in total. The van der Waals surface area contributed by atoms with E-state index in [-0.39, 0.29) is 23.0 Å². The number of amides is 1. The highest BCUT2D eigenvalue weighted by molar-refractivity contribution is 6.30. The van der Waals surface area contributed by atoms with Crippen molar-refractivity contribution in [2.45, 2.75) is 44.8 Å². The second-order valence-corrected chi connectivity index (χ2v) is 8.76. The van der Waals surface area contributed by atoms with E-state index in [1.165, 1.54) is 19.1 Å². The molecule has 0 aliphatic heterocycles. The molecule has 12 heteroatoms. The van der Waals surface area contributed by atoms with E-state index >= 15 is 0 Å². The Bertz CT molecular complexity index is 1300. The minimum atomic E-state index is -4.64. The van der Waals surface area contributed by atoms with Gasteiger partial charge in [-0.3, -0.25) is 19.6 Å². The van der Waals surface area contributed by atoms with Crippen LogP contribution in [0.15, 0.2) is 42.5 Å². The first-order valence-corrected chi connectivity index (χ1v) is 11.0. The predicted molar refractivity (Wildman–Crippen MR) is 122 cm³/mol. The molecule has 1 atom stereocenters. The molecule has 1 aromatic heterocycles. The minimum Gasteiger partial charge on any atom is -0.457 e. The van der Waals surface area contributed by atoms with Gasteiger partial charge in [0.1, 0.15) is 17.5 Å². The van der Waals surface area contributed by atoms with Crippen LogP contribution in [0, 0.1) is 17.0 Å². The molecule has 0 spiro atoms. The highest BCUT2D eigenvalue weighted by atomic mass is 35.5. The fraction of sp³-hybridized carbons (Fsp3) is 0.304. The summed E-state index contributed by atoms with van der Waals surface area (Å²) in [5.41, 5.74) is -0.331. The van der Waals surface area contributed by atoms with E-state index in [1.54, 1.807) is 25.1 Å². The Morgan fingerprint density at radius 3 is 2.57 bits per heavy atom. The molecule has 1 fully saturated rings. The molecule has 1 amide bonds. The SMILES string of the molecule is Cc1cc(Cl)ccc1Oc1cc(NC(=O)C(C)n2nc(C(F)(F)F)cc2C2CC2)cc([N+](=O)[O-])c1. The van der Waals surface area contributed by atoms with Crippen LogP contribution in [0.4, 0.5) is 24.5 Å². The number of aromatic nitrogens is 2. The summed E-state index contributed by atoms with van der Waals surface area (Å²) in [5, 5.41) is 18.1. The number of hydrogen-bond acceptors (Lipinski definition) is 5. The van der Waals surface area contributed by atoms with Gasteiger partial charge in [-0.15, -0.1) is 0 Å². The van der Waals surface area contributed by atoms with E-state index in [0.717, 1.165) is 16.8 Å². The molecule has 0 radical (unpaired) electrons. The van der Waals surface area contributed by atoms with Gasteiger partial charge in [-0.05, 0) is 56.5 Å². The van der Waals surface area contributed by atoms with Gasteiger partial charge in [0.2, 0.25) is 5.91 Å². The van der Waals surface area contributed by atoms with Crippen LogP contribution in [0.25, 0.3) is 0 Å². The number of non-ortho nitro benzene ring substituents is 1. The standard InChI is InChI=1S/C23H20ClF3N4O4/c1-12-7-15(24)5-6-20(12)35-18-9-16(8-17(10-18)31(33)34)28-22(32)13(2)30-19(14-3-4-14)11-21(29-30)23(25,26)27/h5-11,13-14H,3-4H2,1-2H3,(H,28,32). The Morgan fingerprint density at radius 1 is 1.26 bits per heavy atom. The molecule has 2 aromatic carbocycles. The summed E-state index contributed by atoms with van der Waals surface area (Å²) in [6.45, 7) is 3.17. The lowest BCUT2D eigenvalue weighted by Gasteiger charge is -2.16. The number of alkyl halides is 3. The van der Waals surface area contributed by atoms with E-state index in [2.05, 4.69) is 10.4 Å². The van der Waals surface area contributed by atoms with Crippen LogP contribution in [0.5, 0.6) is 11.5 Å². The zero-order valence-electron chi connectivity index (χ0n) is 18.6. The number of nitro groups is 1. The highest BCUT2D eigenvalue weighted by Crippen LogP contribution is 2.43. The van der Waals surface area contributed by atoms with Crippen LogP contribution in [0.3, 0.4) is 0 Å². The molecule has 4 rings (SSSR count). The lowest BCUT2D eigenvalue weighted by molar-refractivity contribution is -0.384. The van der Waals surface area contributed by atoms with Gasteiger partial charge >= 0.3 is 6.18 Å². The van der Waals surface area contributed by atoms with Gasteiger partial charge in [-0.2, -0.15) is 18.3 Å².